The maximum absolute atomic E-state index is 3.78. The molecule has 0 saturated carbocycles. The number of allylic oxidation sites excluding steroid dienone is 9. The summed E-state index contributed by atoms with van der Waals surface area (Å²) in [7, 11) is 0. The lowest BCUT2D eigenvalue weighted by Gasteiger charge is -2.28. The van der Waals surface area contributed by atoms with Crippen LogP contribution in [-0.2, 0) is 0 Å². The normalized spacial score (nSPS) is 17.1. The molecule has 0 spiro atoms. The average Bonchev–Trinajstić information content (AvgIpc) is 2.98. The first-order valence-corrected chi connectivity index (χ1v) is 13.6. The van der Waals surface area contributed by atoms with Crippen LogP contribution in [0.5, 0.6) is 0 Å². The fraction of sp³-hybridized carbons (Fsp3) is 0.0769. The van der Waals surface area contributed by atoms with Gasteiger partial charge < -0.3 is 0 Å². The smallest absolute Gasteiger partial charge is 0.0622 e. The molecule has 0 nitrogen and oxygen atoms in total. The van der Waals surface area contributed by atoms with E-state index in [1.807, 2.05) is 0 Å². The molecule has 4 aromatic rings. The number of hydrogen-bond acceptors (Lipinski definition) is 0. The largest absolute Gasteiger partial charge is 0.148 e. The predicted molar refractivity (Wildman–Crippen MR) is 166 cm³/mol. The Labute approximate surface area is 232 Å². The van der Waals surface area contributed by atoms with Crippen molar-refractivity contribution in [2.75, 3.05) is 0 Å². The van der Waals surface area contributed by atoms with Gasteiger partial charge in [0.25, 0.3) is 0 Å². The average molecular weight is 500 g/mol. The highest BCUT2D eigenvalue weighted by atomic mass is 14.3. The lowest BCUT2D eigenvalue weighted by atomic mass is 9.74. The van der Waals surface area contributed by atoms with Crippen molar-refractivity contribution < 1.29 is 0 Å². The van der Waals surface area contributed by atoms with E-state index < -0.39 is 0 Å². The van der Waals surface area contributed by atoms with Gasteiger partial charge in [-0.15, -0.1) is 0 Å². The molecule has 39 heavy (non-hydrogen) atoms. The highest BCUT2D eigenvalue weighted by molar-refractivity contribution is 5.93. The van der Waals surface area contributed by atoms with Gasteiger partial charge in [-0.25, -0.2) is 0 Å². The minimum absolute atomic E-state index is 0.130. The van der Waals surface area contributed by atoms with Gasteiger partial charge in [-0.3, -0.25) is 0 Å². The fourth-order valence-electron chi connectivity index (χ4n) is 5.81. The first-order valence-electron chi connectivity index (χ1n) is 13.6. The minimum atomic E-state index is 0.130. The third kappa shape index (κ3) is 5.16. The molecule has 4 aromatic carbocycles. The zero-order chi connectivity index (χ0) is 26.6. The lowest BCUT2D eigenvalue weighted by Crippen LogP contribution is -2.09. The van der Waals surface area contributed by atoms with Gasteiger partial charge in [0.05, 0.1) is 11.1 Å². The quantitative estimate of drug-likeness (QED) is 0.194. The molecule has 0 radical (unpaired) electrons. The van der Waals surface area contributed by atoms with Gasteiger partial charge in [-0.1, -0.05) is 109 Å². The van der Waals surface area contributed by atoms with E-state index >= 15 is 0 Å². The Morgan fingerprint density at radius 3 is 1.49 bits per heavy atom. The molecule has 0 amide bonds. The lowest BCUT2D eigenvalue weighted by molar-refractivity contribution is 1.11. The molecule has 2 aliphatic rings. The maximum Gasteiger partial charge on any atom is 0.148 e. The van der Waals surface area contributed by atoms with Crippen molar-refractivity contribution >= 4 is 16.7 Å². The van der Waals surface area contributed by atoms with Crippen LogP contribution in [0.2, 0.25) is 0 Å². The van der Waals surface area contributed by atoms with Crippen molar-refractivity contribution in [1.29, 1.82) is 0 Å². The number of hydrogen-bond donors (Lipinski definition) is 0. The molecule has 0 unspecified atom stereocenters. The number of rotatable bonds is 4. The highest BCUT2D eigenvalue weighted by Crippen LogP contribution is 2.46. The molecular formula is C39H31+. The van der Waals surface area contributed by atoms with E-state index in [0.29, 0.717) is 0 Å². The molecule has 0 saturated heterocycles. The summed E-state index contributed by atoms with van der Waals surface area (Å²) in [4.78, 5) is 0. The molecule has 0 fully saturated rings. The zero-order valence-corrected chi connectivity index (χ0v) is 22.4. The summed E-state index contributed by atoms with van der Waals surface area (Å²) in [5.74, 6) is 0.130. The molecule has 0 aromatic heterocycles. The van der Waals surface area contributed by atoms with Crippen molar-refractivity contribution in [1.82, 2.24) is 0 Å². The second-order valence-electron chi connectivity index (χ2n) is 10.2. The van der Waals surface area contributed by atoms with Crippen LogP contribution >= 0.6 is 0 Å². The Balaban J connectivity index is 1.53. The molecule has 6 rings (SSSR count). The van der Waals surface area contributed by atoms with Crippen LogP contribution in [0.4, 0.5) is 0 Å². The molecule has 0 atom stereocenters. The van der Waals surface area contributed by atoms with Crippen LogP contribution in [0.3, 0.4) is 0 Å². The van der Waals surface area contributed by atoms with Gasteiger partial charge in [0.15, 0.2) is 0 Å². The van der Waals surface area contributed by atoms with Crippen LogP contribution in [0, 0.1) is 6.42 Å². The molecule has 0 N–H and O–H groups in total. The number of benzene rings is 4. The summed E-state index contributed by atoms with van der Waals surface area (Å²) in [5, 5.41) is 0. The molecule has 186 valence electrons. The van der Waals surface area contributed by atoms with Crippen LogP contribution in [0.25, 0.3) is 16.7 Å². The van der Waals surface area contributed by atoms with Crippen molar-refractivity contribution in [3.05, 3.63) is 196 Å². The molecular weight excluding hydrogens is 468 g/mol. The Bertz CT molecular complexity index is 1610. The Morgan fingerprint density at radius 2 is 1.00 bits per heavy atom. The van der Waals surface area contributed by atoms with Gasteiger partial charge in [-0.05, 0) is 66.0 Å². The Morgan fingerprint density at radius 1 is 0.538 bits per heavy atom. The summed E-state index contributed by atoms with van der Waals surface area (Å²) >= 11 is 0. The Hall–Kier alpha value is -4.77. The van der Waals surface area contributed by atoms with Crippen molar-refractivity contribution in [2.24, 2.45) is 0 Å². The van der Waals surface area contributed by atoms with E-state index in [1.54, 1.807) is 0 Å². The van der Waals surface area contributed by atoms with Gasteiger partial charge >= 0.3 is 0 Å². The van der Waals surface area contributed by atoms with Crippen LogP contribution < -0.4 is 0 Å². The van der Waals surface area contributed by atoms with Crippen molar-refractivity contribution in [3.63, 3.8) is 0 Å². The zero-order valence-electron chi connectivity index (χ0n) is 22.4. The van der Waals surface area contributed by atoms with E-state index in [9.17, 15) is 0 Å². The van der Waals surface area contributed by atoms with Gasteiger partial charge in [0, 0.05) is 40.9 Å². The van der Waals surface area contributed by atoms with Gasteiger partial charge in [0.1, 0.15) is 5.57 Å². The van der Waals surface area contributed by atoms with Crippen molar-refractivity contribution in [3.8, 4) is 0 Å². The fourth-order valence-corrected chi connectivity index (χ4v) is 5.81. The molecule has 0 heterocycles. The third-order valence-corrected chi connectivity index (χ3v) is 7.47. The minimum Gasteiger partial charge on any atom is -0.0622 e. The first-order chi connectivity index (χ1) is 19.2. The van der Waals surface area contributed by atoms with Crippen molar-refractivity contribution in [2.45, 2.75) is 19.8 Å². The summed E-state index contributed by atoms with van der Waals surface area (Å²) in [5.41, 5.74) is 17.4. The second-order valence-corrected chi connectivity index (χ2v) is 10.2. The summed E-state index contributed by atoms with van der Waals surface area (Å²) in [6.07, 6.45) is 9.18. The van der Waals surface area contributed by atoms with E-state index in [0.717, 1.165) is 11.1 Å². The maximum atomic E-state index is 3.78. The summed E-state index contributed by atoms with van der Waals surface area (Å²) in [6, 6.07) is 43.0. The Kier molecular flexibility index (Phi) is 6.88. The van der Waals surface area contributed by atoms with E-state index in [1.165, 1.54) is 50.1 Å². The van der Waals surface area contributed by atoms with Gasteiger partial charge in [0.2, 0.25) is 0 Å². The van der Waals surface area contributed by atoms with Crippen LogP contribution in [0.1, 0.15) is 42.0 Å². The topological polar surface area (TPSA) is 0 Å². The first kappa shape index (κ1) is 24.6. The third-order valence-electron chi connectivity index (χ3n) is 7.47. The standard InChI is InChI=1S/C39H31/c1-28-23-30(24-29(2)38(28)34-19-11-5-12-20-34)25-31-26-36(32-15-7-3-8-16-32)39(35-21-13-6-14-22-35)37(27-31)33-17-9-4-10-18-33/h3-24,26-27,39H,1-2H3/q+1. The van der Waals surface area contributed by atoms with E-state index in [-0.39, 0.29) is 5.92 Å². The van der Waals surface area contributed by atoms with Gasteiger partial charge in [-0.2, -0.15) is 0 Å². The van der Waals surface area contributed by atoms with Crippen LogP contribution in [-0.4, -0.2) is 0 Å². The molecule has 0 bridgehead atoms. The SMILES string of the molecule is CC1=CC(=C=C2C=C(c3ccccc3)C(c3ccccc3)C(c3ccccc3)=C2)[CH+]C(C)=C1c1ccccc1. The summed E-state index contributed by atoms with van der Waals surface area (Å²) < 4.78 is 0. The monoisotopic (exact) mass is 499 g/mol. The predicted octanol–water partition coefficient (Wildman–Crippen LogP) is 10.0. The molecule has 0 heteroatoms. The van der Waals surface area contributed by atoms with E-state index in [4.69, 9.17) is 0 Å². The van der Waals surface area contributed by atoms with Crippen LogP contribution in [0.15, 0.2) is 168 Å². The second kappa shape index (κ2) is 10.9. The highest BCUT2D eigenvalue weighted by Gasteiger charge is 2.28. The summed E-state index contributed by atoms with van der Waals surface area (Å²) in [6.45, 7) is 4.40. The molecule has 2 aliphatic carbocycles. The van der Waals surface area contributed by atoms with E-state index in [2.05, 4.69) is 166 Å². The molecule has 0 aliphatic heterocycles.